The fraction of sp³-hybridized carbons (Fsp3) is 0.206. The second kappa shape index (κ2) is 14.2. The molecule has 0 saturated carbocycles. The van der Waals surface area contributed by atoms with Gasteiger partial charge in [-0.1, -0.05) is 211 Å². The molecule has 4 heteroatoms. The molecule has 0 amide bonds. The van der Waals surface area contributed by atoms with Crippen LogP contribution in [0, 0.1) is 23.7 Å². The summed E-state index contributed by atoms with van der Waals surface area (Å²) in [5.74, 6) is 18.1. The average molecular weight is 925 g/mol. The summed E-state index contributed by atoms with van der Waals surface area (Å²) in [4.78, 5) is 11.3. The van der Waals surface area contributed by atoms with Crippen LogP contribution in [0.1, 0.15) is 142 Å². The number of hydrogen-bond acceptors (Lipinski definition) is 2. The zero-order valence-corrected chi connectivity index (χ0v) is 41.5. The Balaban J connectivity index is 0.949. The third kappa shape index (κ3) is 5.35. The van der Waals surface area contributed by atoms with Gasteiger partial charge in [0.1, 0.15) is 21.9 Å². The van der Waals surface area contributed by atoms with Gasteiger partial charge >= 0.3 is 0 Å². The van der Waals surface area contributed by atoms with E-state index >= 15 is 0 Å². The van der Waals surface area contributed by atoms with Crippen molar-refractivity contribution in [3.63, 3.8) is 0 Å². The molecule has 0 saturated heterocycles. The van der Waals surface area contributed by atoms with Crippen LogP contribution in [-0.2, 0) is 34.7 Å². The Morgan fingerprint density at radius 2 is 0.681 bits per heavy atom. The monoisotopic (exact) mass is 924 g/mol. The Hall–Kier alpha value is -8.18. The van der Waals surface area contributed by atoms with Crippen LogP contribution in [-0.4, -0.2) is 19.1 Å². The SMILES string of the molecule is CC(C)(C)c1cc(C#CC23c4ccccc4C(c4ccccc42)c2ccccc23)c2nc3n(c2c1)CCn1c-3nc2c(C#CC34c5ccccc5C(c5ccccc53)c3ccccc34)cc(C(C)(C)C)cc21. The van der Waals surface area contributed by atoms with Gasteiger partial charge in [0.25, 0.3) is 0 Å². The van der Waals surface area contributed by atoms with E-state index < -0.39 is 10.8 Å². The van der Waals surface area contributed by atoms with Crippen molar-refractivity contribution in [2.75, 3.05) is 0 Å². The van der Waals surface area contributed by atoms with Gasteiger partial charge in [-0.2, -0.15) is 0 Å². The third-order valence-electron chi connectivity index (χ3n) is 17.0. The maximum Gasteiger partial charge on any atom is 0.177 e. The molecule has 3 heterocycles. The minimum absolute atomic E-state index is 0.125. The lowest BCUT2D eigenvalue weighted by Crippen LogP contribution is -2.41. The van der Waals surface area contributed by atoms with Crippen LogP contribution in [0.15, 0.2) is 170 Å². The van der Waals surface area contributed by atoms with Gasteiger partial charge in [-0.05, 0) is 113 Å². The summed E-state index contributed by atoms with van der Waals surface area (Å²) >= 11 is 0. The molecule has 6 aliphatic carbocycles. The highest BCUT2D eigenvalue weighted by Gasteiger charge is 2.52. The molecule has 7 aliphatic rings. The Bertz CT molecular complexity index is 3670. The lowest BCUT2D eigenvalue weighted by molar-refractivity contribution is 0.569. The Kier molecular flexibility index (Phi) is 8.23. The van der Waals surface area contributed by atoms with E-state index in [1.165, 1.54) is 77.9 Å². The van der Waals surface area contributed by atoms with E-state index in [4.69, 9.17) is 9.97 Å². The summed E-state index contributed by atoms with van der Waals surface area (Å²) in [5.41, 5.74) is 22.6. The zero-order valence-electron chi connectivity index (χ0n) is 41.5. The molecule has 17 rings (SSSR count). The minimum atomic E-state index is -0.638. The van der Waals surface area contributed by atoms with Crippen LogP contribution >= 0.6 is 0 Å². The van der Waals surface area contributed by atoms with Gasteiger partial charge in [0.05, 0.1) is 22.2 Å². The van der Waals surface area contributed by atoms with Gasteiger partial charge in [0, 0.05) is 24.9 Å². The van der Waals surface area contributed by atoms with Gasteiger partial charge in [-0.25, -0.2) is 9.97 Å². The van der Waals surface area contributed by atoms with Crippen molar-refractivity contribution in [1.29, 1.82) is 0 Å². The zero-order chi connectivity index (χ0) is 48.5. The molecule has 0 unspecified atom stereocenters. The Morgan fingerprint density at radius 3 is 0.958 bits per heavy atom. The fourth-order valence-electron chi connectivity index (χ4n) is 13.6. The molecule has 4 nitrogen and oxygen atoms in total. The predicted molar refractivity (Wildman–Crippen MR) is 290 cm³/mol. The molecular formula is C68H52N4. The minimum Gasteiger partial charge on any atom is -0.320 e. The van der Waals surface area contributed by atoms with Crippen LogP contribution in [0.25, 0.3) is 33.7 Å². The second-order valence-electron chi connectivity index (χ2n) is 22.8. The van der Waals surface area contributed by atoms with Crippen LogP contribution in [0.5, 0.6) is 0 Å². The molecule has 0 fully saturated rings. The standard InChI is InChI=1S/C68H52N4/c1-65(2,3)43-37-41(31-33-67-51-25-13-7-19-45(51)59(46-20-8-14-26-52(46)67)47-21-9-15-27-53(47)67)61-57(39-43)71-35-36-72-58-40-44(66(4,5)6)38-42(62(58)70-64(72)63(71)69-61)32-34-68-54-28-16-10-22-48(54)60(49-23-11-17-29-55(49)68)50-24-12-18-30-56(50)68/h7-30,37-40,59-60H,35-36H2,1-6H3. The summed E-state index contributed by atoms with van der Waals surface area (Å²) in [6.45, 7) is 15.3. The number of rotatable bonds is 0. The summed E-state index contributed by atoms with van der Waals surface area (Å²) in [6.07, 6.45) is 0. The topological polar surface area (TPSA) is 35.6 Å². The quantitative estimate of drug-likeness (QED) is 0.142. The Morgan fingerprint density at radius 1 is 0.403 bits per heavy atom. The van der Waals surface area contributed by atoms with Gasteiger partial charge in [-0.15, -0.1) is 0 Å². The third-order valence-corrected chi connectivity index (χ3v) is 17.0. The molecule has 1 aliphatic heterocycles. The predicted octanol–water partition coefficient (Wildman–Crippen LogP) is 14.0. The number of hydrogen-bond donors (Lipinski definition) is 0. The molecule has 344 valence electrons. The summed E-state index contributed by atoms with van der Waals surface area (Å²) in [5, 5.41) is 0. The normalized spacial score (nSPS) is 20.1. The van der Waals surface area contributed by atoms with E-state index in [-0.39, 0.29) is 22.7 Å². The second-order valence-corrected chi connectivity index (χ2v) is 22.8. The van der Waals surface area contributed by atoms with Crippen LogP contribution in [0.2, 0.25) is 0 Å². The molecule has 4 bridgehead atoms. The molecule has 72 heavy (non-hydrogen) atoms. The molecule has 0 radical (unpaired) electrons. The first-order chi connectivity index (χ1) is 34.9. The summed E-state index contributed by atoms with van der Waals surface area (Å²) < 4.78 is 4.81. The molecule has 0 N–H and O–H groups in total. The van der Waals surface area contributed by atoms with Crippen molar-refractivity contribution in [2.24, 2.45) is 0 Å². The van der Waals surface area contributed by atoms with Gasteiger partial charge < -0.3 is 9.13 Å². The van der Waals surface area contributed by atoms with Crippen molar-refractivity contribution in [3.05, 3.63) is 259 Å². The molecule has 0 spiro atoms. The lowest BCUT2D eigenvalue weighted by atomic mass is 9.53. The smallest absolute Gasteiger partial charge is 0.177 e. The number of aromatic nitrogens is 4. The molecule has 10 aromatic rings. The van der Waals surface area contributed by atoms with Crippen molar-refractivity contribution < 1.29 is 0 Å². The summed E-state index contributed by atoms with van der Waals surface area (Å²) in [6, 6.07) is 63.3. The highest BCUT2D eigenvalue weighted by molar-refractivity contribution is 5.91. The maximum atomic E-state index is 5.63. The molecule has 0 atom stereocenters. The molecule has 8 aromatic carbocycles. The highest BCUT2D eigenvalue weighted by Crippen LogP contribution is 2.60. The fourth-order valence-corrected chi connectivity index (χ4v) is 13.6. The van der Waals surface area contributed by atoms with Crippen molar-refractivity contribution in [1.82, 2.24) is 19.1 Å². The molecule has 2 aromatic heterocycles. The first kappa shape index (κ1) is 41.6. The van der Waals surface area contributed by atoms with E-state index in [1.807, 2.05) is 0 Å². The first-order valence-electron chi connectivity index (χ1n) is 25.7. The van der Waals surface area contributed by atoms with Gasteiger partial charge in [0.15, 0.2) is 11.6 Å². The van der Waals surface area contributed by atoms with Crippen molar-refractivity contribution in [2.45, 2.75) is 88.1 Å². The lowest BCUT2D eigenvalue weighted by Gasteiger charge is -2.48. The summed E-state index contributed by atoms with van der Waals surface area (Å²) in [7, 11) is 0. The number of fused-ring (bicyclic) bond motifs is 7. The first-order valence-corrected chi connectivity index (χ1v) is 25.7. The number of benzene rings is 8. The number of imidazole rings is 2. The van der Waals surface area contributed by atoms with E-state index in [0.717, 1.165) is 57.9 Å². The average Bonchev–Trinajstić information content (AvgIpc) is 3.99. The van der Waals surface area contributed by atoms with E-state index in [2.05, 4.69) is 244 Å². The van der Waals surface area contributed by atoms with Gasteiger partial charge in [0.2, 0.25) is 0 Å². The molecular weight excluding hydrogens is 873 g/mol. The Labute approximate surface area is 421 Å². The van der Waals surface area contributed by atoms with Crippen molar-refractivity contribution >= 4 is 22.1 Å². The highest BCUT2D eigenvalue weighted by atomic mass is 15.2. The van der Waals surface area contributed by atoms with Crippen LogP contribution in [0.4, 0.5) is 0 Å². The largest absolute Gasteiger partial charge is 0.320 e. The number of nitrogens with zero attached hydrogens (tertiary/aromatic N) is 4. The van der Waals surface area contributed by atoms with E-state index in [1.54, 1.807) is 0 Å². The van der Waals surface area contributed by atoms with Gasteiger partial charge in [-0.3, -0.25) is 0 Å². The van der Waals surface area contributed by atoms with E-state index in [9.17, 15) is 0 Å². The van der Waals surface area contributed by atoms with Crippen LogP contribution in [0.3, 0.4) is 0 Å². The van der Waals surface area contributed by atoms with Crippen molar-refractivity contribution in [3.8, 4) is 35.3 Å². The van der Waals surface area contributed by atoms with E-state index in [0.29, 0.717) is 0 Å². The maximum absolute atomic E-state index is 5.63. The van der Waals surface area contributed by atoms with Crippen LogP contribution < -0.4 is 0 Å². The number of aryl methyl sites for hydroxylation is 2.